The number of benzene rings is 7. The van der Waals surface area contributed by atoms with E-state index in [2.05, 4.69) is 184 Å². The number of aliphatic imine (C=N–C) groups is 1. The molecule has 0 amide bonds. The zero-order valence-electron chi connectivity index (χ0n) is 30.2. The molecule has 1 aliphatic rings. The molecule has 0 saturated heterocycles. The Kier molecular flexibility index (Phi) is 8.65. The van der Waals surface area contributed by atoms with Crippen molar-refractivity contribution in [2.75, 3.05) is 0 Å². The Hall–Kier alpha value is -6.25. The van der Waals surface area contributed by atoms with Crippen LogP contribution in [0.15, 0.2) is 185 Å². The van der Waals surface area contributed by atoms with Gasteiger partial charge in [-0.1, -0.05) is 152 Å². The van der Waals surface area contributed by atoms with E-state index in [1.54, 1.807) is 0 Å². The first-order valence-corrected chi connectivity index (χ1v) is 18.8. The van der Waals surface area contributed by atoms with Gasteiger partial charge in [0.15, 0.2) is 0 Å². The summed E-state index contributed by atoms with van der Waals surface area (Å²) in [5, 5.41) is 4.66. The molecule has 0 fully saturated rings. The summed E-state index contributed by atoms with van der Waals surface area (Å²) < 4.78 is 6.61. The minimum Gasteiger partial charge on any atom is -0.456 e. The summed E-state index contributed by atoms with van der Waals surface area (Å²) in [6, 6.07) is 58.7. The van der Waals surface area contributed by atoms with Crippen LogP contribution in [0, 0.1) is 5.92 Å². The number of hydrogen-bond donors (Lipinski definition) is 0. The number of allylic oxidation sites excluding steroid dienone is 3. The quantitative estimate of drug-likeness (QED) is 0.171. The van der Waals surface area contributed by atoms with Crippen molar-refractivity contribution in [3.63, 3.8) is 0 Å². The number of hydrogen-bond acceptors (Lipinski definition) is 2. The van der Waals surface area contributed by atoms with Crippen LogP contribution in [0.25, 0.3) is 66.2 Å². The Balaban J connectivity index is 1.24. The van der Waals surface area contributed by atoms with Crippen molar-refractivity contribution in [1.29, 1.82) is 0 Å². The molecular formula is C51H41NO. The second-order valence-corrected chi connectivity index (χ2v) is 14.2. The molecule has 8 aromatic rings. The van der Waals surface area contributed by atoms with Crippen molar-refractivity contribution in [3.8, 4) is 22.3 Å². The molecule has 7 aromatic carbocycles. The third-order valence-corrected chi connectivity index (χ3v) is 10.9. The standard InChI is InChI=1S/C51H41NO/c1-3-35-32-47(44-20-13-21-48-51(44)45-28-27-41(33-49(45)53-48)37-16-9-5-10-17-37)52-46(29-22-34(2)50(35)39-18-11-6-12-19-39)42-26-24-38-23-25-40(30-43(38)31-42)36-14-7-4-8-15-36/h4-21,23-28,30-33,35H,3,22,29H2,1-2H3/b47-32-,50-34-,52-46+. The molecule has 2 heteroatoms. The highest BCUT2D eigenvalue weighted by atomic mass is 16.3. The number of fused-ring (bicyclic) bond motifs is 4. The van der Waals surface area contributed by atoms with Gasteiger partial charge in [0.2, 0.25) is 0 Å². The maximum Gasteiger partial charge on any atom is 0.136 e. The van der Waals surface area contributed by atoms with Crippen LogP contribution < -0.4 is 0 Å². The van der Waals surface area contributed by atoms with Gasteiger partial charge in [0.1, 0.15) is 11.2 Å². The molecule has 0 N–H and O–H groups in total. The topological polar surface area (TPSA) is 25.5 Å². The first-order chi connectivity index (χ1) is 26.1. The Morgan fingerprint density at radius 1 is 0.547 bits per heavy atom. The molecular weight excluding hydrogens is 643 g/mol. The fourth-order valence-corrected chi connectivity index (χ4v) is 8.11. The summed E-state index contributed by atoms with van der Waals surface area (Å²) in [6.07, 6.45) is 5.17. The summed E-state index contributed by atoms with van der Waals surface area (Å²) in [4.78, 5) is 5.70. The highest BCUT2D eigenvalue weighted by molar-refractivity contribution is 6.13. The van der Waals surface area contributed by atoms with Crippen LogP contribution in [0.5, 0.6) is 0 Å². The molecule has 0 bridgehead atoms. The summed E-state index contributed by atoms with van der Waals surface area (Å²) in [5.74, 6) is 0.193. The molecule has 1 aliphatic heterocycles. The average Bonchev–Trinajstić information content (AvgIpc) is 3.62. The van der Waals surface area contributed by atoms with Crippen LogP contribution in [-0.4, -0.2) is 5.71 Å². The lowest BCUT2D eigenvalue weighted by atomic mass is 9.84. The van der Waals surface area contributed by atoms with E-state index in [9.17, 15) is 0 Å². The fourth-order valence-electron chi connectivity index (χ4n) is 8.11. The van der Waals surface area contributed by atoms with E-state index >= 15 is 0 Å². The van der Waals surface area contributed by atoms with Crippen molar-refractivity contribution in [2.24, 2.45) is 10.9 Å². The van der Waals surface area contributed by atoms with E-state index < -0.39 is 0 Å². The molecule has 0 radical (unpaired) electrons. The number of nitrogens with zero attached hydrogens (tertiary/aromatic N) is 1. The summed E-state index contributed by atoms with van der Waals surface area (Å²) in [5.41, 5.74) is 15.0. The van der Waals surface area contributed by atoms with Crippen LogP contribution in [0.4, 0.5) is 0 Å². The Morgan fingerprint density at radius 2 is 1.17 bits per heavy atom. The Labute approximate surface area is 311 Å². The Bertz CT molecular complexity index is 2700. The van der Waals surface area contributed by atoms with Crippen molar-refractivity contribution >= 4 is 49.7 Å². The molecule has 0 aliphatic carbocycles. The monoisotopic (exact) mass is 683 g/mol. The lowest BCUT2D eigenvalue weighted by molar-refractivity contribution is 0.669. The predicted octanol–water partition coefficient (Wildman–Crippen LogP) is 14.2. The van der Waals surface area contributed by atoms with Crippen molar-refractivity contribution < 1.29 is 4.42 Å². The first-order valence-electron chi connectivity index (χ1n) is 18.8. The average molecular weight is 684 g/mol. The molecule has 1 aromatic heterocycles. The fraction of sp³-hybridized carbons (Fsp3) is 0.118. The molecule has 0 saturated carbocycles. The lowest BCUT2D eigenvalue weighted by Crippen LogP contribution is -2.03. The molecule has 256 valence electrons. The van der Waals surface area contributed by atoms with Gasteiger partial charge in [-0.3, -0.25) is 4.99 Å². The van der Waals surface area contributed by atoms with Gasteiger partial charge in [-0.15, -0.1) is 0 Å². The molecule has 53 heavy (non-hydrogen) atoms. The van der Waals surface area contributed by atoms with Gasteiger partial charge in [-0.25, -0.2) is 0 Å². The SMILES string of the molecule is CCC1/C=C(c2cccc3oc4cc(-c5ccccc5)ccc4c23)\N=C(\c2ccc3ccc(-c4ccccc4)cc3c2)CC/C(C)=C/1c1ccccc1. The summed E-state index contributed by atoms with van der Waals surface area (Å²) >= 11 is 0. The second kappa shape index (κ2) is 14.1. The molecule has 2 heterocycles. The van der Waals surface area contributed by atoms with Crippen molar-refractivity contribution in [1.82, 2.24) is 0 Å². The molecule has 9 rings (SSSR count). The van der Waals surface area contributed by atoms with Crippen LogP contribution in [0.1, 0.15) is 49.8 Å². The van der Waals surface area contributed by atoms with Crippen molar-refractivity contribution in [3.05, 3.63) is 192 Å². The Morgan fingerprint density at radius 3 is 1.87 bits per heavy atom. The normalized spacial score (nSPS) is 18.6. The minimum atomic E-state index is 0.193. The largest absolute Gasteiger partial charge is 0.456 e. The van der Waals surface area contributed by atoms with Crippen LogP contribution >= 0.6 is 0 Å². The van der Waals surface area contributed by atoms with E-state index in [0.717, 1.165) is 69.3 Å². The van der Waals surface area contributed by atoms with Gasteiger partial charge in [0.05, 0.1) is 5.70 Å². The highest BCUT2D eigenvalue weighted by Gasteiger charge is 2.22. The maximum atomic E-state index is 6.61. The first kappa shape index (κ1) is 32.6. The zero-order valence-corrected chi connectivity index (χ0v) is 30.2. The van der Waals surface area contributed by atoms with Gasteiger partial charge >= 0.3 is 0 Å². The van der Waals surface area contributed by atoms with E-state index in [1.165, 1.54) is 44.2 Å². The van der Waals surface area contributed by atoms with Gasteiger partial charge in [-0.2, -0.15) is 0 Å². The van der Waals surface area contributed by atoms with Gasteiger partial charge in [0, 0.05) is 28.0 Å². The van der Waals surface area contributed by atoms with Crippen LogP contribution in [0.3, 0.4) is 0 Å². The molecule has 2 nitrogen and oxygen atoms in total. The van der Waals surface area contributed by atoms with E-state index in [4.69, 9.17) is 9.41 Å². The van der Waals surface area contributed by atoms with Crippen LogP contribution in [-0.2, 0) is 0 Å². The smallest absolute Gasteiger partial charge is 0.136 e. The van der Waals surface area contributed by atoms with Crippen LogP contribution in [0.2, 0.25) is 0 Å². The van der Waals surface area contributed by atoms with Gasteiger partial charge in [-0.05, 0) is 106 Å². The van der Waals surface area contributed by atoms with Gasteiger partial charge < -0.3 is 4.42 Å². The van der Waals surface area contributed by atoms with E-state index in [0.29, 0.717) is 0 Å². The second-order valence-electron chi connectivity index (χ2n) is 14.2. The zero-order chi connectivity index (χ0) is 35.7. The minimum absolute atomic E-state index is 0.193. The summed E-state index contributed by atoms with van der Waals surface area (Å²) in [7, 11) is 0. The predicted molar refractivity (Wildman–Crippen MR) is 225 cm³/mol. The van der Waals surface area contributed by atoms with Gasteiger partial charge in [0.25, 0.3) is 0 Å². The number of rotatable bonds is 6. The number of furan rings is 1. The molecule has 0 spiro atoms. The van der Waals surface area contributed by atoms with Crippen molar-refractivity contribution in [2.45, 2.75) is 33.1 Å². The molecule has 1 atom stereocenters. The highest BCUT2D eigenvalue weighted by Crippen LogP contribution is 2.41. The maximum absolute atomic E-state index is 6.61. The molecule has 1 unspecified atom stereocenters. The van der Waals surface area contributed by atoms with E-state index in [1.807, 2.05) is 0 Å². The van der Waals surface area contributed by atoms with E-state index in [-0.39, 0.29) is 5.92 Å². The third kappa shape index (κ3) is 6.32. The summed E-state index contributed by atoms with van der Waals surface area (Å²) in [6.45, 7) is 4.62. The third-order valence-electron chi connectivity index (χ3n) is 10.9. The lowest BCUT2D eigenvalue weighted by Gasteiger charge is -2.20.